The third kappa shape index (κ3) is 4.11. The molecule has 1 unspecified atom stereocenters. The number of nitrogens with two attached hydrogens (primary N) is 1. The molecule has 3 N–H and O–H groups in total. The van der Waals surface area contributed by atoms with Crippen LogP contribution >= 0.6 is 11.9 Å². The molecule has 1 aliphatic heterocycles. The van der Waals surface area contributed by atoms with E-state index in [4.69, 9.17) is 5.14 Å². The number of hydrogen-bond acceptors (Lipinski definition) is 5. The number of pyridine rings is 1. The van der Waals surface area contributed by atoms with E-state index in [1.54, 1.807) is 0 Å². The lowest BCUT2D eigenvalue weighted by molar-refractivity contribution is 0.218. The third-order valence-corrected chi connectivity index (χ3v) is 4.76. The van der Waals surface area contributed by atoms with Crippen LogP contribution in [0.15, 0.2) is 23.2 Å². The second-order valence-electron chi connectivity index (χ2n) is 6.31. The van der Waals surface area contributed by atoms with Crippen molar-refractivity contribution in [1.82, 2.24) is 9.88 Å². The summed E-state index contributed by atoms with van der Waals surface area (Å²) >= 11 is 1.19. The molecule has 1 aromatic rings. The SMILES string of the molecule is CN1CC(CCCNc2cccc(SN)n2)CC1(C)C. The van der Waals surface area contributed by atoms with Gasteiger partial charge in [0, 0.05) is 18.6 Å². The van der Waals surface area contributed by atoms with E-state index in [2.05, 4.69) is 36.1 Å². The fraction of sp³-hybridized carbons (Fsp3) is 0.667. The summed E-state index contributed by atoms with van der Waals surface area (Å²) in [7, 11) is 2.23. The Morgan fingerprint density at radius 3 is 2.95 bits per heavy atom. The minimum absolute atomic E-state index is 0.367. The zero-order chi connectivity index (χ0) is 14.6. The second kappa shape index (κ2) is 6.78. The van der Waals surface area contributed by atoms with E-state index >= 15 is 0 Å². The number of anilines is 1. The lowest BCUT2D eigenvalue weighted by Gasteiger charge is -2.26. The van der Waals surface area contributed by atoms with E-state index in [1.165, 1.54) is 37.8 Å². The van der Waals surface area contributed by atoms with Crippen LogP contribution in [0.5, 0.6) is 0 Å². The second-order valence-corrected chi connectivity index (χ2v) is 6.97. The molecule has 2 rings (SSSR count). The molecule has 20 heavy (non-hydrogen) atoms. The molecular weight excluding hydrogens is 268 g/mol. The first kappa shape index (κ1) is 15.6. The molecule has 1 atom stereocenters. The van der Waals surface area contributed by atoms with Gasteiger partial charge in [0.2, 0.25) is 0 Å². The third-order valence-electron chi connectivity index (χ3n) is 4.29. The van der Waals surface area contributed by atoms with Crippen molar-refractivity contribution in [2.24, 2.45) is 11.1 Å². The average molecular weight is 294 g/mol. The van der Waals surface area contributed by atoms with Gasteiger partial charge in [-0.1, -0.05) is 6.07 Å². The van der Waals surface area contributed by atoms with Gasteiger partial charge in [-0.25, -0.2) is 4.98 Å². The monoisotopic (exact) mass is 294 g/mol. The van der Waals surface area contributed by atoms with Crippen molar-refractivity contribution >= 4 is 17.8 Å². The Labute approximate surface area is 126 Å². The molecule has 0 bridgehead atoms. The van der Waals surface area contributed by atoms with Gasteiger partial charge >= 0.3 is 0 Å². The maximum absolute atomic E-state index is 5.52. The van der Waals surface area contributed by atoms with Gasteiger partial charge in [-0.2, -0.15) is 0 Å². The van der Waals surface area contributed by atoms with Crippen LogP contribution < -0.4 is 10.5 Å². The Hall–Kier alpha value is -0.780. The van der Waals surface area contributed by atoms with Crippen molar-refractivity contribution in [3.63, 3.8) is 0 Å². The summed E-state index contributed by atoms with van der Waals surface area (Å²) in [6, 6.07) is 5.90. The molecule has 4 nitrogen and oxygen atoms in total. The zero-order valence-corrected chi connectivity index (χ0v) is 13.5. The van der Waals surface area contributed by atoms with Crippen molar-refractivity contribution in [1.29, 1.82) is 0 Å². The molecule has 0 saturated carbocycles. The lowest BCUT2D eigenvalue weighted by Crippen LogP contribution is -2.34. The van der Waals surface area contributed by atoms with Crippen molar-refractivity contribution in [3.05, 3.63) is 18.2 Å². The van der Waals surface area contributed by atoms with Gasteiger partial charge in [-0.3, -0.25) is 5.14 Å². The van der Waals surface area contributed by atoms with Crippen molar-refractivity contribution in [3.8, 4) is 0 Å². The van der Waals surface area contributed by atoms with Crippen molar-refractivity contribution in [2.75, 3.05) is 25.5 Å². The number of nitrogens with zero attached hydrogens (tertiary/aromatic N) is 2. The van der Waals surface area contributed by atoms with Gasteiger partial charge in [-0.15, -0.1) is 0 Å². The Bertz CT molecular complexity index is 436. The number of rotatable bonds is 6. The Morgan fingerprint density at radius 1 is 1.50 bits per heavy atom. The minimum atomic E-state index is 0.367. The topological polar surface area (TPSA) is 54.2 Å². The standard InChI is InChI=1S/C15H26N4S/c1-15(2)10-12(11-19(15)3)6-5-9-17-13-7-4-8-14(18-13)20-16/h4,7-8,12H,5-6,9-11,16H2,1-3H3,(H,17,18). The van der Waals surface area contributed by atoms with Gasteiger partial charge in [0.05, 0.1) is 0 Å². The molecule has 0 radical (unpaired) electrons. The molecule has 0 aromatic carbocycles. The quantitative estimate of drug-likeness (QED) is 0.624. The highest BCUT2D eigenvalue weighted by atomic mass is 32.2. The fourth-order valence-electron chi connectivity index (χ4n) is 2.94. The van der Waals surface area contributed by atoms with Gasteiger partial charge in [-0.05, 0) is 70.2 Å². The Balaban J connectivity index is 1.69. The normalized spacial score (nSPS) is 22.1. The average Bonchev–Trinajstić information content (AvgIpc) is 2.68. The van der Waals surface area contributed by atoms with Crippen LogP contribution in [-0.4, -0.2) is 35.6 Å². The lowest BCUT2D eigenvalue weighted by atomic mass is 9.93. The molecule has 1 aliphatic rings. The maximum Gasteiger partial charge on any atom is 0.127 e. The number of hydrogen-bond donors (Lipinski definition) is 2. The van der Waals surface area contributed by atoms with Crippen molar-refractivity contribution in [2.45, 2.75) is 43.7 Å². The van der Waals surface area contributed by atoms with Crippen LogP contribution in [0, 0.1) is 5.92 Å². The van der Waals surface area contributed by atoms with Gasteiger partial charge in [0.25, 0.3) is 0 Å². The first-order valence-corrected chi connectivity index (χ1v) is 8.18. The summed E-state index contributed by atoms with van der Waals surface area (Å²) in [6.07, 6.45) is 3.78. The summed E-state index contributed by atoms with van der Waals surface area (Å²) in [5, 5.41) is 9.75. The van der Waals surface area contributed by atoms with E-state index < -0.39 is 0 Å². The number of likely N-dealkylation sites (tertiary alicyclic amines) is 1. The minimum Gasteiger partial charge on any atom is -0.370 e. The molecule has 5 heteroatoms. The van der Waals surface area contributed by atoms with Crippen LogP contribution in [0.3, 0.4) is 0 Å². The molecular formula is C15H26N4S. The van der Waals surface area contributed by atoms with E-state index in [-0.39, 0.29) is 0 Å². The molecule has 1 fully saturated rings. The Kier molecular flexibility index (Phi) is 5.29. The van der Waals surface area contributed by atoms with E-state index in [0.29, 0.717) is 5.54 Å². The van der Waals surface area contributed by atoms with Crippen LogP contribution in [0.2, 0.25) is 0 Å². The summed E-state index contributed by atoms with van der Waals surface area (Å²) in [5.41, 5.74) is 0.367. The predicted molar refractivity (Wildman–Crippen MR) is 86.8 cm³/mol. The van der Waals surface area contributed by atoms with Crippen LogP contribution in [0.4, 0.5) is 5.82 Å². The van der Waals surface area contributed by atoms with Crippen LogP contribution in [0.1, 0.15) is 33.1 Å². The van der Waals surface area contributed by atoms with E-state index in [9.17, 15) is 0 Å². The summed E-state index contributed by atoms with van der Waals surface area (Å²) in [5.74, 6) is 1.75. The van der Waals surface area contributed by atoms with Crippen LogP contribution in [0.25, 0.3) is 0 Å². The molecule has 0 aliphatic carbocycles. The first-order valence-electron chi connectivity index (χ1n) is 7.30. The maximum atomic E-state index is 5.52. The fourth-order valence-corrected chi connectivity index (χ4v) is 3.25. The molecule has 0 spiro atoms. The molecule has 1 aromatic heterocycles. The largest absolute Gasteiger partial charge is 0.370 e. The molecule has 0 amide bonds. The van der Waals surface area contributed by atoms with E-state index in [1.807, 2.05) is 18.2 Å². The summed E-state index contributed by atoms with van der Waals surface area (Å²) in [4.78, 5) is 6.90. The van der Waals surface area contributed by atoms with E-state index in [0.717, 1.165) is 23.3 Å². The summed E-state index contributed by atoms with van der Waals surface area (Å²) in [6.45, 7) is 6.88. The molecule has 2 heterocycles. The highest BCUT2D eigenvalue weighted by Crippen LogP contribution is 2.33. The number of aromatic nitrogens is 1. The predicted octanol–water partition coefficient (Wildman–Crippen LogP) is 2.97. The highest BCUT2D eigenvalue weighted by Gasteiger charge is 2.34. The molecule has 112 valence electrons. The van der Waals surface area contributed by atoms with Crippen molar-refractivity contribution < 1.29 is 0 Å². The molecule has 1 saturated heterocycles. The first-order chi connectivity index (χ1) is 9.51. The smallest absolute Gasteiger partial charge is 0.127 e. The zero-order valence-electron chi connectivity index (χ0n) is 12.7. The summed E-state index contributed by atoms with van der Waals surface area (Å²) < 4.78 is 0. The van der Waals surface area contributed by atoms with Gasteiger partial charge < -0.3 is 10.2 Å². The van der Waals surface area contributed by atoms with Crippen LogP contribution in [-0.2, 0) is 0 Å². The highest BCUT2D eigenvalue weighted by molar-refractivity contribution is 7.97. The van der Waals surface area contributed by atoms with Gasteiger partial charge in [0.1, 0.15) is 10.8 Å². The Morgan fingerprint density at radius 2 is 2.30 bits per heavy atom. The van der Waals surface area contributed by atoms with Gasteiger partial charge in [0.15, 0.2) is 0 Å². The number of nitrogens with one attached hydrogen (secondary N) is 1.